The number of benzene rings is 1. The lowest BCUT2D eigenvalue weighted by molar-refractivity contribution is -0.117. The fourth-order valence-electron chi connectivity index (χ4n) is 3.21. The molecule has 1 aliphatic rings. The summed E-state index contributed by atoms with van der Waals surface area (Å²) < 4.78 is 0. The molecule has 2 N–H and O–H groups in total. The molecule has 1 heterocycles. The highest BCUT2D eigenvalue weighted by molar-refractivity contribution is 5.97. The van der Waals surface area contributed by atoms with Crippen molar-refractivity contribution in [1.29, 1.82) is 0 Å². The fraction of sp³-hybridized carbons (Fsp3) is 0.529. The average Bonchev–Trinajstić information content (AvgIpc) is 2.45. The average molecular weight is 303 g/mol. The first-order valence-corrected chi connectivity index (χ1v) is 7.82. The van der Waals surface area contributed by atoms with Gasteiger partial charge >= 0.3 is 0 Å². The lowest BCUT2D eigenvalue weighted by Gasteiger charge is -2.34. The van der Waals surface area contributed by atoms with Gasteiger partial charge in [-0.15, -0.1) is 0 Å². The zero-order valence-corrected chi connectivity index (χ0v) is 13.6. The Labute approximate surface area is 132 Å². The van der Waals surface area contributed by atoms with Crippen LogP contribution in [-0.4, -0.2) is 43.4 Å². The number of nitrogens with one attached hydrogen (secondary N) is 2. The van der Waals surface area contributed by atoms with Crippen molar-refractivity contribution in [3.05, 3.63) is 29.8 Å². The maximum atomic E-state index is 12.2. The molecule has 0 spiro atoms. The fourth-order valence-corrected chi connectivity index (χ4v) is 3.21. The number of carbonyl (C=O) groups excluding carboxylic acids is 2. The molecule has 0 bridgehead atoms. The molecule has 0 radical (unpaired) electrons. The Morgan fingerprint density at radius 1 is 1.23 bits per heavy atom. The molecule has 2 rings (SSSR count). The maximum absolute atomic E-state index is 12.2. The van der Waals surface area contributed by atoms with Crippen LogP contribution in [-0.2, 0) is 4.79 Å². The van der Waals surface area contributed by atoms with E-state index in [4.69, 9.17) is 0 Å². The number of piperidine rings is 1. The van der Waals surface area contributed by atoms with Gasteiger partial charge < -0.3 is 10.6 Å². The van der Waals surface area contributed by atoms with E-state index in [0.717, 1.165) is 13.1 Å². The first-order chi connectivity index (χ1) is 10.5. The second-order valence-corrected chi connectivity index (χ2v) is 6.35. The Morgan fingerprint density at radius 2 is 1.91 bits per heavy atom. The van der Waals surface area contributed by atoms with Gasteiger partial charge in [0.2, 0.25) is 5.91 Å². The van der Waals surface area contributed by atoms with Crippen molar-refractivity contribution < 1.29 is 9.59 Å². The van der Waals surface area contributed by atoms with Crippen LogP contribution in [0.3, 0.4) is 0 Å². The standard InChI is InChI=1S/C17H25N3O2/c1-12-7-13(2)10-20(9-12)11-16(21)19-15-6-4-5-14(8-15)17(22)18-3/h4-6,8,12-13H,7,9-11H2,1-3H3,(H,18,22)(H,19,21)/t12-,13+. The van der Waals surface area contributed by atoms with Crippen LogP contribution in [0.15, 0.2) is 24.3 Å². The molecular formula is C17H25N3O2. The molecule has 1 fully saturated rings. The third-order valence-corrected chi connectivity index (χ3v) is 3.95. The summed E-state index contributed by atoms with van der Waals surface area (Å²) in [5.41, 5.74) is 1.20. The van der Waals surface area contributed by atoms with E-state index in [1.54, 1.807) is 31.3 Å². The van der Waals surface area contributed by atoms with Gasteiger partial charge in [-0.05, 0) is 36.5 Å². The lowest BCUT2D eigenvalue weighted by Crippen LogP contribution is -2.42. The van der Waals surface area contributed by atoms with Gasteiger partial charge in [-0.1, -0.05) is 19.9 Å². The Hall–Kier alpha value is -1.88. The van der Waals surface area contributed by atoms with Crippen LogP contribution in [0.1, 0.15) is 30.6 Å². The van der Waals surface area contributed by atoms with E-state index in [-0.39, 0.29) is 11.8 Å². The molecule has 0 unspecified atom stereocenters. The highest BCUT2D eigenvalue weighted by atomic mass is 16.2. The molecule has 5 nitrogen and oxygen atoms in total. The van der Waals surface area contributed by atoms with Crippen LogP contribution in [0.2, 0.25) is 0 Å². The predicted octanol–water partition coefficient (Wildman–Crippen LogP) is 1.96. The minimum atomic E-state index is -0.158. The number of carbonyl (C=O) groups is 2. The zero-order valence-electron chi connectivity index (χ0n) is 13.6. The molecule has 1 aromatic rings. The monoisotopic (exact) mass is 303 g/mol. The molecule has 120 valence electrons. The van der Waals surface area contributed by atoms with Gasteiger partial charge in [0.1, 0.15) is 0 Å². The molecule has 1 saturated heterocycles. The Balaban J connectivity index is 1.93. The summed E-state index contributed by atoms with van der Waals surface area (Å²) in [6.07, 6.45) is 1.23. The van der Waals surface area contributed by atoms with E-state index < -0.39 is 0 Å². The van der Waals surface area contributed by atoms with Crippen molar-refractivity contribution in [1.82, 2.24) is 10.2 Å². The van der Waals surface area contributed by atoms with Crippen LogP contribution in [0.25, 0.3) is 0 Å². The van der Waals surface area contributed by atoms with Crippen LogP contribution in [0, 0.1) is 11.8 Å². The van der Waals surface area contributed by atoms with Gasteiger partial charge in [-0.3, -0.25) is 14.5 Å². The van der Waals surface area contributed by atoms with Crippen molar-refractivity contribution >= 4 is 17.5 Å². The molecule has 5 heteroatoms. The van der Waals surface area contributed by atoms with E-state index in [0.29, 0.717) is 29.6 Å². The number of rotatable bonds is 4. The number of anilines is 1. The highest BCUT2D eigenvalue weighted by Gasteiger charge is 2.23. The molecule has 0 aromatic heterocycles. The summed E-state index contributed by atoms with van der Waals surface area (Å²) in [6, 6.07) is 6.98. The topological polar surface area (TPSA) is 61.4 Å². The normalized spacial score (nSPS) is 22.1. The van der Waals surface area contributed by atoms with Crippen LogP contribution < -0.4 is 10.6 Å². The van der Waals surface area contributed by atoms with E-state index >= 15 is 0 Å². The van der Waals surface area contributed by atoms with Crippen LogP contribution >= 0.6 is 0 Å². The third-order valence-electron chi connectivity index (χ3n) is 3.95. The minimum absolute atomic E-state index is 0.0321. The lowest BCUT2D eigenvalue weighted by atomic mass is 9.92. The number of likely N-dealkylation sites (tertiary alicyclic amines) is 1. The van der Waals surface area contributed by atoms with Crippen molar-refractivity contribution in [2.75, 3.05) is 32.0 Å². The molecule has 22 heavy (non-hydrogen) atoms. The molecule has 2 amide bonds. The van der Waals surface area contributed by atoms with E-state index in [9.17, 15) is 9.59 Å². The summed E-state index contributed by atoms with van der Waals surface area (Å²) >= 11 is 0. The van der Waals surface area contributed by atoms with E-state index in [1.807, 2.05) is 0 Å². The van der Waals surface area contributed by atoms with Crippen LogP contribution in [0.5, 0.6) is 0 Å². The van der Waals surface area contributed by atoms with Crippen molar-refractivity contribution in [3.63, 3.8) is 0 Å². The van der Waals surface area contributed by atoms with Crippen molar-refractivity contribution in [2.45, 2.75) is 20.3 Å². The Morgan fingerprint density at radius 3 is 2.55 bits per heavy atom. The van der Waals surface area contributed by atoms with Crippen molar-refractivity contribution in [2.24, 2.45) is 11.8 Å². The van der Waals surface area contributed by atoms with E-state index in [2.05, 4.69) is 29.4 Å². The SMILES string of the molecule is CNC(=O)c1cccc(NC(=O)CN2C[C@H](C)C[C@H](C)C2)c1. The van der Waals surface area contributed by atoms with E-state index in [1.165, 1.54) is 6.42 Å². The van der Waals surface area contributed by atoms with Crippen molar-refractivity contribution in [3.8, 4) is 0 Å². The highest BCUT2D eigenvalue weighted by Crippen LogP contribution is 2.20. The van der Waals surface area contributed by atoms with Gasteiger partial charge in [0, 0.05) is 31.4 Å². The number of nitrogens with zero attached hydrogens (tertiary/aromatic N) is 1. The number of hydrogen-bond donors (Lipinski definition) is 2. The molecular weight excluding hydrogens is 278 g/mol. The number of hydrogen-bond acceptors (Lipinski definition) is 3. The maximum Gasteiger partial charge on any atom is 0.251 e. The quantitative estimate of drug-likeness (QED) is 0.894. The molecule has 1 aliphatic heterocycles. The summed E-state index contributed by atoms with van der Waals surface area (Å²) in [6.45, 7) is 6.80. The predicted molar refractivity (Wildman–Crippen MR) is 87.8 cm³/mol. The minimum Gasteiger partial charge on any atom is -0.355 e. The van der Waals surface area contributed by atoms with Gasteiger partial charge in [0.25, 0.3) is 5.91 Å². The summed E-state index contributed by atoms with van der Waals surface area (Å²) in [4.78, 5) is 26.0. The first-order valence-electron chi connectivity index (χ1n) is 7.82. The van der Waals surface area contributed by atoms with Gasteiger partial charge in [-0.25, -0.2) is 0 Å². The second kappa shape index (κ2) is 7.40. The third kappa shape index (κ3) is 4.56. The molecule has 0 aliphatic carbocycles. The smallest absolute Gasteiger partial charge is 0.251 e. The summed E-state index contributed by atoms with van der Waals surface area (Å²) in [5.74, 6) is 1.08. The Bertz CT molecular complexity index is 534. The van der Waals surface area contributed by atoms with Gasteiger partial charge in [-0.2, -0.15) is 0 Å². The van der Waals surface area contributed by atoms with Gasteiger partial charge in [0.15, 0.2) is 0 Å². The largest absolute Gasteiger partial charge is 0.355 e. The number of amides is 2. The molecule has 0 saturated carbocycles. The molecule has 2 atom stereocenters. The second-order valence-electron chi connectivity index (χ2n) is 6.35. The summed E-state index contributed by atoms with van der Waals surface area (Å²) in [5, 5.41) is 5.45. The zero-order chi connectivity index (χ0) is 16.1. The van der Waals surface area contributed by atoms with Crippen LogP contribution in [0.4, 0.5) is 5.69 Å². The summed E-state index contributed by atoms with van der Waals surface area (Å²) in [7, 11) is 1.59. The first kappa shape index (κ1) is 16.5. The van der Waals surface area contributed by atoms with Gasteiger partial charge in [0.05, 0.1) is 6.54 Å². The Kier molecular flexibility index (Phi) is 5.55. The molecule has 1 aromatic carbocycles.